The van der Waals surface area contributed by atoms with E-state index in [1.54, 1.807) is 0 Å². The molecule has 0 rings (SSSR count). The zero-order chi connectivity index (χ0) is 22.9. The molecule has 0 heterocycles. The van der Waals surface area contributed by atoms with Crippen LogP contribution in [0.15, 0.2) is 0 Å². The van der Waals surface area contributed by atoms with Crippen LogP contribution < -0.4 is 0 Å². The van der Waals surface area contributed by atoms with Gasteiger partial charge in [-0.3, -0.25) is 0 Å². The highest BCUT2D eigenvalue weighted by Crippen LogP contribution is 2.15. The summed E-state index contributed by atoms with van der Waals surface area (Å²) in [6, 6.07) is 0. The van der Waals surface area contributed by atoms with Gasteiger partial charge in [0.1, 0.15) is 0 Å². The maximum atomic E-state index is 2.30. The highest BCUT2D eigenvalue weighted by atomic mass is 15.3. The van der Waals surface area contributed by atoms with Crippen molar-refractivity contribution in [2.75, 3.05) is 27.7 Å². The highest BCUT2D eigenvalue weighted by Gasteiger charge is 2.05. The van der Waals surface area contributed by atoms with Crippen molar-refractivity contribution in [2.45, 2.75) is 167 Å². The molecule has 0 atom stereocenters. The maximum absolute atomic E-state index is 2.30. The molecular weight excluding hydrogens is 374 g/mol. The molecule has 0 aromatic carbocycles. The summed E-state index contributed by atoms with van der Waals surface area (Å²) < 4.78 is 1.12. The van der Waals surface area contributed by atoms with Crippen LogP contribution in [0.4, 0.5) is 0 Å². The summed E-state index contributed by atoms with van der Waals surface area (Å²) in [7, 11) is 6.91. The topological polar surface area (TPSA) is 0 Å². The molecule has 1 heteroatoms. The summed E-state index contributed by atoms with van der Waals surface area (Å²) in [6.45, 7) is 3.64. The highest BCUT2D eigenvalue weighted by molar-refractivity contribution is 4.51. The number of unbranched alkanes of at least 4 members (excludes halogenated alkanes) is 24. The Balaban J connectivity index is 3.02. The van der Waals surface area contributed by atoms with Gasteiger partial charge in [0, 0.05) is 0 Å². The fourth-order valence-corrected chi connectivity index (χ4v) is 4.73. The van der Waals surface area contributed by atoms with Crippen LogP contribution in [-0.2, 0) is 0 Å². The fraction of sp³-hybridized carbons (Fsp3) is 1.00. The first kappa shape index (κ1) is 31.0. The summed E-state index contributed by atoms with van der Waals surface area (Å²) >= 11 is 0. The molecule has 0 spiro atoms. The lowest BCUT2D eigenvalue weighted by molar-refractivity contribution is -0.870. The largest absolute Gasteiger partial charge is 0.331 e. The second-order valence-corrected chi connectivity index (χ2v) is 11.5. The van der Waals surface area contributed by atoms with Gasteiger partial charge in [-0.25, -0.2) is 0 Å². The molecule has 0 aromatic rings. The van der Waals surface area contributed by atoms with Crippen LogP contribution in [0.3, 0.4) is 0 Å². The molecule has 0 aromatic heterocycles. The minimum absolute atomic E-state index is 1.12. The molecule has 0 fully saturated rings. The van der Waals surface area contributed by atoms with E-state index in [1.807, 2.05) is 0 Å². The first-order valence-electron chi connectivity index (χ1n) is 14.9. The Morgan fingerprint density at radius 3 is 0.677 bits per heavy atom. The molecule has 0 aliphatic rings. The van der Waals surface area contributed by atoms with Crippen LogP contribution in [0.5, 0.6) is 0 Å². The molecule has 0 aliphatic heterocycles. The Morgan fingerprint density at radius 1 is 0.290 bits per heavy atom. The predicted octanol–water partition coefficient (Wildman–Crippen LogP) is 10.5. The molecule has 1 nitrogen and oxygen atoms in total. The monoisotopic (exact) mass is 439 g/mol. The van der Waals surface area contributed by atoms with E-state index in [-0.39, 0.29) is 0 Å². The van der Waals surface area contributed by atoms with E-state index in [4.69, 9.17) is 0 Å². The van der Waals surface area contributed by atoms with Crippen molar-refractivity contribution < 1.29 is 4.48 Å². The van der Waals surface area contributed by atoms with Gasteiger partial charge in [-0.1, -0.05) is 155 Å². The zero-order valence-corrected chi connectivity index (χ0v) is 22.8. The Bertz CT molecular complexity index is 317. The van der Waals surface area contributed by atoms with E-state index >= 15 is 0 Å². The molecule has 0 unspecified atom stereocenters. The SMILES string of the molecule is CCCCCCCCCCCCCCCCCCCCCCCCCCC[N+](C)(C)C. The van der Waals surface area contributed by atoms with E-state index in [0.717, 1.165) is 4.48 Å². The minimum Gasteiger partial charge on any atom is -0.331 e. The van der Waals surface area contributed by atoms with Gasteiger partial charge in [-0.2, -0.15) is 0 Å². The normalized spacial score (nSPS) is 12.0. The average Bonchev–Trinajstić information content (AvgIpc) is 2.73. The summed E-state index contributed by atoms with van der Waals surface area (Å²) in [5.41, 5.74) is 0. The number of quaternary nitrogens is 1. The van der Waals surface area contributed by atoms with Crippen LogP contribution in [0.25, 0.3) is 0 Å². The summed E-state index contributed by atoms with van der Waals surface area (Å²) in [5.74, 6) is 0. The molecule has 0 N–H and O–H groups in total. The summed E-state index contributed by atoms with van der Waals surface area (Å²) in [6.07, 6.45) is 36.8. The number of nitrogens with zero attached hydrogens (tertiary/aromatic N) is 1. The summed E-state index contributed by atoms with van der Waals surface area (Å²) in [5, 5.41) is 0. The Labute approximate surface area is 199 Å². The van der Waals surface area contributed by atoms with Crippen LogP contribution in [0, 0.1) is 0 Å². The Hall–Kier alpha value is -0.0400. The third-order valence-electron chi connectivity index (χ3n) is 6.93. The zero-order valence-electron chi connectivity index (χ0n) is 22.8. The van der Waals surface area contributed by atoms with E-state index < -0.39 is 0 Å². The Morgan fingerprint density at radius 2 is 0.484 bits per heavy atom. The van der Waals surface area contributed by atoms with Gasteiger partial charge in [0.15, 0.2) is 0 Å². The van der Waals surface area contributed by atoms with E-state index in [2.05, 4.69) is 28.1 Å². The van der Waals surface area contributed by atoms with Gasteiger partial charge < -0.3 is 4.48 Å². The second kappa shape index (κ2) is 24.6. The second-order valence-electron chi connectivity index (χ2n) is 11.5. The van der Waals surface area contributed by atoms with Gasteiger partial charge in [0.05, 0.1) is 27.7 Å². The van der Waals surface area contributed by atoms with Gasteiger partial charge in [-0.15, -0.1) is 0 Å². The molecular formula is C30H64N+. The third kappa shape index (κ3) is 30.0. The first-order chi connectivity index (χ1) is 15.1. The minimum atomic E-state index is 1.12. The number of hydrogen-bond acceptors (Lipinski definition) is 0. The predicted molar refractivity (Wildman–Crippen MR) is 144 cm³/mol. The molecule has 0 bridgehead atoms. The Kier molecular flexibility index (Phi) is 24.6. The molecule has 31 heavy (non-hydrogen) atoms. The molecule has 0 aliphatic carbocycles. The van der Waals surface area contributed by atoms with Crippen LogP contribution in [0.2, 0.25) is 0 Å². The molecule has 0 amide bonds. The van der Waals surface area contributed by atoms with Crippen molar-refractivity contribution in [2.24, 2.45) is 0 Å². The van der Waals surface area contributed by atoms with Crippen molar-refractivity contribution in [1.82, 2.24) is 0 Å². The van der Waals surface area contributed by atoms with Gasteiger partial charge >= 0.3 is 0 Å². The first-order valence-corrected chi connectivity index (χ1v) is 14.9. The van der Waals surface area contributed by atoms with Gasteiger partial charge in [-0.05, 0) is 12.8 Å². The quantitative estimate of drug-likeness (QED) is 0.0930. The lowest BCUT2D eigenvalue weighted by Gasteiger charge is -2.23. The molecule has 188 valence electrons. The van der Waals surface area contributed by atoms with Crippen LogP contribution in [-0.4, -0.2) is 32.2 Å². The molecule has 0 radical (unpaired) electrons. The lowest BCUT2D eigenvalue weighted by atomic mass is 10.0. The fourth-order valence-electron chi connectivity index (χ4n) is 4.73. The van der Waals surface area contributed by atoms with E-state index in [9.17, 15) is 0 Å². The van der Waals surface area contributed by atoms with Gasteiger partial charge in [0.25, 0.3) is 0 Å². The van der Waals surface area contributed by atoms with Crippen molar-refractivity contribution >= 4 is 0 Å². The maximum Gasteiger partial charge on any atom is 0.0780 e. The number of hydrogen-bond donors (Lipinski definition) is 0. The molecule has 0 saturated heterocycles. The standard InChI is InChI=1S/C30H64N/c1-5-6-7-8-9-10-11-12-13-14-15-16-17-18-19-20-21-22-23-24-25-26-27-28-29-30-31(2,3)4/h5-30H2,1-4H3/q+1. The van der Waals surface area contributed by atoms with E-state index in [1.165, 1.54) is 167 Å². The smallest absolute Gasteiger partial charge is 0.0780 e. The summed E-state index contributed by atoms with van der Waals surface area (Å²) in [4.78, 5) is 0. The third-order valence-corrected chi connectivity index (χ3v) is 6.93. The van der Waals surface area contributed by atoms with Crippen molar-refractivity contribution in [3.8, 4) is 0 Å². The van der Waals surface area contributed by atoms with Crippen LogP contribution in [0.1, 0.15) is 167 Å². The average molecular weight is 439 g/mol. The van der Waals surface area contributed by atoms with Gasteiger partial charge in [0.2, 0.25) is 0 Å². The van der Waals surface area contributed by atoms with Crippen LogP contribution >= 0.6 is 0 Å². The van der Waals surface area contributed by atoms with Crippen molar-refractivity contribution in [3.63, 3.8) is 0 Å². The van der Waals surface area contributed by atoms with Crippen molar-refractivity contribution in [3.05, 3.63) is 0 Å². The van der Waals surface area contributed by atoms with E-state index in [0.29, 0.717) is 0 Å². The lowest BCUT2D eigenvalue weighted by Crippen LogP contribution is -2.35. The molecule has 0 saturated carbocycles. The van der Waals surface area contributed by atoms with Crippen molar-refractivity contribution in [1.29, 1.82) is 0 Å². The number of rotatable bonds is 26.